The van der Waals surface area contributed by atoms with E-state index in [9.17, 15) is 14.4 Å². The van der Waals surface area contributed by atoms with Crippen molar-refractivity contribution in [1.82, 2.24) is 10.3 Å². The van der Waals surface area contributed by atoms with Gasteiger partial charge in [0, 0.05) is 18.9 Å². The van der Waals surface area contributed by atoms with Crippen LogP contribution in [0.3, 0.4) is 0 Å². The zero-order valence-corrected chi connectivity index (χ0v) is 16.9. The number of ether oxygens (including phenoxy) is 1. The molecule has 1 fully saturated rings. The third-order valence-corrected chi connectivity index (χ3v) is 5.37. The van der Waals surface area contributed by atoms with E-state index in [2.05, 4.69) is 10.4 Å². The molecule has 0 bridgehead atoms. The molecule has 156 valence electrons. The number of rotatable bonds is 7. The highest BCUT2D eigenvalue weighted by Gasteiger charge is 2.25. The van der Waals surface area contributed by atoms with Gasteiger partial charge in [0.1, 0.15) is 0 Å². The summed E-state index contributed by atoms with van der Waals surface area (Å²) in [7, 11) is 0. The van der Waals surface area contributed by atoms with Gasteiger partial charge in [-0.15, -0.1) is 0 Å². The lowest BCUT2D eigenvalue weighted by molar-refractivity contribution is -0.156. The number of nitrogens with zero attached hydrogens (tertiary/aromatic N) is 2. The molecule has 0 saturated heterocycles. The normalized spacial score (nSPS) is 18.1. The summed E-state index contributed by atoms with van der Waals surface area (Å²) in [5, 5.41) is 8.73. The molecule has 3 rings (SSSR count). The van der Waals surface area contributed by atoms with Crippen LogP contribution in [0.4, 0.5) is 0 Å². The molecular formula is C22H29N3O4. The highest BCUT2D eigenvalue weighted by molar-refractivity contribution is 6.02. The van der Waals surface area contributed by atoms with Crippen LogP contribution >= 0.6 is 0 Å². The first-order valence-corrected chi connectivity index (χ1v) is 10.5. The Bertz CT molecular complexity index is 757. The number of hydrogen-bond donors (Lipinski definition) is 1. The van der Waals surface area contributed by atoms with E-state index in [-0.39, 0.29) is 30.7 Å². The number of esters is 1. The fourth-order valence-corrected chi connectivity index (χ4v) is 3.68. The minimum Gasteiger partial charge on any atom is -0.453 e. The zero-order chi connectivity index (χ0) is 20.6. The van der Waals surface area contributed by atoms with Crippen molar-refractivity contribution in [3.05, 3.63) is 35.9 Å². The molecule has 1 aromatic rings. The van der Waals surface area contributed by atoms with E-state index < -0.39 is 12.1 Å². The Balaban J connectivity index is 1.40. The fraction of sp³-hybridized carbons (Fsp3) is 0.545. The third-order valence-electron chi connectivity index (χ3n) is 5.37. The Labute approximate surface area is 171 Å². The standard InChI is InChI=1S/C22H29N3O4/c1-16(22(28)23-18-10-6-3-7-11-18)29-21(27)13-12-20(26)25-15-14-19(24-25)17-8-4-2-5-9-17/h2,4-5,8-9,16,18H,3,6-7,10-15H2,1H3,(H,23,28)/t16-/m0/s1. The predicted octanol–water partition coefficient (Wildman–Crippen LogP) is 2.78. The molecule has 1 atom stereocenters. The molecular weight excluding hydrogens is 370 g/mol. The van der Waals surface area contributed by atoms with Crippen molar-refractivity contribution in [2.75, 3.05) is 6.54 Å². The maximum atomic E-state index is 12.3. The van der Waals surface area contributed by atoms with Gasteiger partial charge in [0.15, 0.2) is 6.10 Å². The van der Waals surface area contributed by atoms with Crippen LogP contribution in [0.2, 0.25) is 0 Å². The summed E-state index contributed by atoms with van der Waals surface area (Å²) in [5.74, 6) is -1.03. The number of benzene rings is 1. The number of amides is 2. The van der Waals surface area contributed by atoms with Crippen molar-refractivity contribution in [1.29, 1.82) is 0 Å². The maximum absolute atomic E-state index is 12.3. The molecule has 1 saturated carbocycles. The average Bonchev–Trinajstić information content (AvgIpc) is 3.24. The smallest absolute Gasteiger partial charge is 0.307 e. The first kappa shape index (κ1) is 21.0. The van der Waals surface area contributed by atoms with Gasteiger partial charge in [-0.25, -0.2) is 5.01 Å². The number of hydrazone groups is 1. The van der Waals surface area contributed by atoms with Gasteiger partial charge in [-0.1, -0.05) is 49.6 Å². The SMILES string of the molecule is C[C@H](OC(=O)CCC(=O)N1CCC(c2ccccc2)=N1)C(=O)NC1CCCCC1. The van der Waals surface area contributed by atoms with E-state index >= 15 is 0 Å². The van der Waals surface area contributed by atoms with Gasteiger partial charge in [-0.05, 0) is 25.3 Å². The van der Waals surface area contributed by atoms with Crippen LogP contribution in [-0.4, -0.2) is 47.2 Å². The van der Waals surface area contributed by atoms with Crippen LogP contribution in [0.5, 0.6) is 0 Å². The van der Waals surface area contributed by atoms with Gasteiger partial charge in [0.25, 0.3) is 5.91 Å². The van der Waals surface area contributed by atoms with Crippen molar-refractivity contribution in [2.45, 2.75) is 70.4 Å². The van der Waals surface area contributed by atoms with E-state index in [0.717, 1.165) is 37.0 Å². The second kappa shape index (κ2) is 10.2. The highest BCUT2D eigenvalue weighted by atomic mass is 16.5. The van der Waals surface area contributed by atoms with E-state index in [4.69, 9.17) is 4.74 Å². The fourth-order valence-electron chi connectivity index (χ4n) is 3.68. The largest absolute Gasteiger partial charge is 0.453 e. The molecule has 29 heavy (non-hydrogen) atoms. The van der Waals surface area contributed by atoms with Crippen molar-refractivity contribution in [3.63, 3.8) is 0 Å². The summed E-state index contributed by atoms with van der Waals surface area (Å²) >= 11 is 0. The van der Waals surface area contributed by atoms with Gasteiger partial charge in [0.05, 0.1) is 18.7 Å². The van der Waals surface area contributed by atoms with Gasteiger partial charge in [-0.3, -0.25) is 14.4 Å². The molecule has 0 aromatic heterocycles. The van der Waals surface area contributed by atoms with Gasteiger partial charge in [-0.2, -0.15) is 5.10 Å². The predicted molar refractivity (Wildman–Crippen MR) is 109 cm³/mol. The quantitative estimate of drug-likeness (QED) is 0.714. The summed E-state index contributed by atoms with van der Waals surface area (Å²) in [6.07, 6.45) is 5.18. The zero-order valence-electron chi connectivity index (χ0n) is 16.9. The lowest BCUT2D eigenvalue weighted by Gasteiger charge is -2.24. The first-order chi connectivity index (χ1) is 14.0. The molecule has 1 aromatic carbocycles. The van der Waals surface area contributed by atoms with Crippen LogP contribution in [0, 0.1) is 0 Å². The molecule has 1 aliphatic heterocycles. The summed E-state index contributed by atoms with van der Waals surface area (Å²) in [4.78, 5) is 36.6. The van der Waals surface area contributed by atoms with Gasteiger partial charge >= 0.3 is 5.97 Å². The summed E-state index contributed by atoms with van der Waals surface area (Å²) in [6.45, 7) is 2.08. The van der Waals surface area contributed by atoms with Crippen LogP contribution in [-0.2, 0) is 19.1 Å². The van der Waals surface area contributed by atoms with E-state index in [1.807, 2.05) is 30.3 Å². The van der Waals surface area contributed by atoms with Gasteiger partial charge < -0.3 is 10.1 Å². The Kier molecular flexibility index (Phi) is 7.38. The highest BCUT2D eigenvalue weighted by Crippen LogP contribution is 2.18. The lowest BCUT2D eigenvalue weighted by atomic mass is 9.95. The summed E-state index contributed by atoms with van der Waals surface area (Å²) < 4.78 is 5.20. The number of carbonyl (C=O) groups is 3. The molecule has 0 spiro atoms. The Morgan fingerprint density at radius 2 is 1.86 bits per heavy atom. The lowest BCUT2D eigenvalue weighted by Crippen LogP contribution is -2.42. The van der Waals surface area contributed by atoms with E-state index in [1.165, 1.54) is 11.4 Å². The van der Waals surface area contributed by atoms with Crippen molar-refractivity contribution < 1.29 is 19.1 Å². The van der Waals surface area contributed by atoms with Crippen molar-refractivity contribution in [2.24, 2.45) is 5.10 Å². The minimum atomic E-state index is -0.853. The monoisotopic (exact) mass is 399 g/mol. The molecule has 1 aliphatic carbocycles. The molecule has 7 heteroatoms. The Morgan fingerprint density at radius 1 is 1.14 bits per heavy atom. The second-order valence-electron chi connectivity index (χ2n) is 7.66. The summed E-state index contributed by atoms with van der Waals surface area (Å²) in [6, 6.07) is 9.90. The summed E-state index contributed by atoms with van der Waals surface area (Å²) in [5.41, 5.74) is 1.87. The van der Waals surface area contributed by atoms with Gasteiger partial charge in [0.2, 0.25) is 5.91 Å². The number of hydrogen-bond acceptors (Lipinski definition) is 5. The molecule has 0 unspecified atom stereocenters. The third kappa shape index (κ3) is 6.14. The molecule has 2 amide bonds. The molecule has 0 radical (unpaired) electrons. The van der Waals surface area contributed by atoms with Crippen molar-refractivity contribution in [3.8, 4) is 0 Å². The Hall–Kier alpha value is -2.70. The van der Waals surface area contributed by atoms with E-state index in [0.29, 0.717) is 13.0 Å². The van der Waals surface area contributed by atoms with Crippen LogP contribution in [0.1, 0.15) is 63.9 Å². The molecule has 1 heterocycles. The molecule has 1 N–H and O–H groups in total. The second-order valence-corrected chi connectivity index (χ2v) is 7.66. The van der Waals surface area contributed by atoms with E-state index in [1.54, 1.807) is 6.92 Å². The maximum Gasteiger partial charge on any atom is 0.307 e. The van der Waals surface area contributed by atoms with Crippen molar-refractivity contribution >= 4 is 23.5 Å². The number of nitrogens with one attached hydrogen (secondary N) is 1. The average molecular weight is 399 g/mol. The van der Waals surface area contributed by atoms with Crippen LogP contribution in [0.15, 0.2) is 35.4 Å². The molecule has 7 nitrogen and oxygen atoms in total. The first-order valence-electron chi connectivity index (χ1n) is 10.5. The Morgan fingerprint density at radius 3 is 2.59 bits per heavy atom. The number of carbonyl (C=O) groups excluding carboxylic acids is 3. The van der Waals surface area contributed by atoms with Crippen LogP contribution in [0.25, 0.3) is 0 Å². The minimum absolute atomic E-state index is 0.0152. The topological polar surface area (TPSA) is 88.1 Å². The van der Waals surface area contributed by atoms with Crippen LogP contribution < -0.4 is 5.32 Å². The molecule has 2 aliphatic rings.